The van der Waals surface area contributed by atoms with Gasteiger partial charge >= 0.3 is 0 Å². The maximum atomic E-state index is 12.1. The van der Waals surface area contributed by atoms with Gasteiger partial charge in [0.15, 0.2) is 5.17 Å². The van der Waals surface area contributed by atoms with Gasteiger partial charge in [-0.05, 0) is 29.5 Å². The average Bonchev–Trinajstić information content (AvgIpc) is 3.00. The number of thioether (sulfide) groups is 2. The molecule has 1 amide bonds. The second-order valence-corrected chi connectivity index (χ2v) is 7.69. The molecule has 0 unspecified atom stereocenters. The Bertz CT molecular complexity index is 904. The first kappa shape index (κ1) is 16.2. The third-order valence-electron chi connectivity index (χ3n) is 3.80. The first-order chi connectivity index (χ1) is 12.3. The van der Waals surface area contributed by atoms with Crippen LogP contribution in [0.3, 0.4) is 0 Å². The molecule has 0 bridgehead atoms. The highest BCUT2D eigenvalue weighted by atomic mass is 32.2. The zero-order chi connectivity index (χ0) is 17.1. The van der Waals surface area contributed by atoms with Crippen molar-refractivity contribution in [2.75, 3.05) is 5.75 Å². The highest BCUT2D eigenvalue weighted by Gasteiger charge is 2.24. The number of rotatable bonds is 2. The van der Waals surface area contributed by atoms with Crippen molar-refractivity contribution in [2.45, 2.75) is 11.3 Å². The molecule has 1 saturated heterocycles. The SMILES string of the molecule is O=C1N/C(=N\N=C2\CCSc3ccccc32)S/C1=C/c1ccccc1. The Morgan fingerprint density at radius 1 is 1.00 bits per heavy atom. The summed E-state index contributed by atoms with van der Waals surface area (Å²) < 4.78 is 0. The number of fused-ring (bicyclic) bond motifs is 1. The Labute approximate surface area is 154 Å². The monoisotopic (exact) mass is 365 g/mol. The topological polar surface area (TPSA) is 53.8 Å². The Morgan fingerprint density at radius 3 is 2.68 bits per heavy atom. The molecule has 0 radical (unpaired) electrons. The minimum absolute atomic E-state index is 0.132. The lowest BCUT2D eigenvalue weighted by atomic mass is 10.1. The average molecular weight is 365 g/mol. The van der Waals surface area contributed by atoms with Gasteiger partial charge in [-0.2, -0.15) is 5.10 Å². The smallest absolute Gasteiger partial charge is 0.264 e. The molecule has 0 aliphatic carbocycles. The quantitative estimate of drug-likeness (QED) is 0.643. The highest BCUT2D eigenvalue weighted by molar-refractivity contribution is 8.18. The predicted octanol–water partition coefficient (Wildman–Crippen LogP) is 4.15. The molecule has 2 aromatic rings. The van der Waals surface area contributed by atoms with Crippen molar-refractivity contribution < 1.29 is 4.79 Å². The van der Waals surface area contributed by atoms with Gasteiger partial charge in [-0.1, -0.05) is 48.5 Å². The number of carbonyl (C=O) groups excluding carboxylic acids is 1. The van der Waals surface area contributed by atoms with Gasteiger partial charge in [0.05, 0.1) is 10.6 Å². The van der Waals surface area contributed by atoms with Gasteiger partial charge in [0.2, 0.25) is 0 Å². The molecule has 0 aromatic heterocycles. The van der Waals surface area contributed by atoms with Crippen LogP contribution in [0.4, 0.5) is 0 Å². The van der Waals surface area contributed by atoms with Crippen LogP contribution in [0.15, 0.2) is 74.6 Å². The first-order valence-electron chi connectivity index (χ1n) is 7.92. The minimum atomic E-state index is -0.132. The lowest BCUT2D eigenvalue weighted by Crippen LogP contribution is -2.19. The minimum Gasteiger partial charge on any atom is -0.299 e. The third kappa shape index (κ3) is 3.70. The molecule has 4 nitrogen and oxygen atoms in total. The van der Waals surface area contributed by atoms with Crippen molar-refractivity contribution >= 4 is 46.4 Å². The number of hydrogen-bond donors (Lipinski definition) is 1. The summed E-state index contributed by atoms with van der Waals surface area (Å²) in [5, 5.41) is 12.0. The van der Waals surface area contributed by atoms with E-state index in [4.69, 9.17) is 0 Å². The summed E-state index contributed by atoms with van der Waals surface area (Å²) in [5.74, 6) is 0.867. The Balaban J connectivity index is 1.56. The number of nitrogens with zero attached hydrogens (tertiary/aromatic N) is 2. The molecule has 124 valence electrons. The molecule has 2 aliphatic rings. The predicted molar refractivity (Wildman–Crippen MR) is 106 cm³/mol. The second kappa shape index (κ2) is 7.29. The molecule has 1 N–H and O–H groups in total. The molecule has 25 heavy (non-hydrogen) atoms. The van der Waals surface area contributed by atoms with E-state index in [-0.39, 0.29) is 5.91 Å². The van der Waals surface area contributed by atoms with E-state index in [2.05, 4.69) is 27.7 Å². The van der Waals surface area contributed by atoms with Gasteiger partial charge in [-0.25, -0.2) is 0 Å². The van der Waals surface area contributed by atoms with Crippen LogP contribution in [0, 0.1) is 0 Å². The van der Waals surface area contributed by atoms with E-state index in [1.165, 1.54) is 16.7 Å². The molecule has 4 rings (SSSR count). The summed E-state index contributed by atoms with van der Waals surface area (Å²) in [4.78, 5) is 14.0. The number of carbonyl (C=O) groups is 1. The fourth-order valence-electron chi connectivity index (χ4n) is 2.61. The van der Waals surface area contributed by atoms with Crippen molar-refractivity contribution in [3.8, 4) is 0 Å². The number of amides is 1. The fourth-order valence-corrected chi connectivity index (χ4v) is 4.41. The molecule has 0 saturated carbocycles. The van der Waals surface area contributed by atoms with Crippen molar-refractivity contribution in [3.05, 3.63) is 70.6 Å². The standard InChI is InChI=1S/C19H15N3OS2/c23-18-17(12-13-6-2-1-3-7-13)25-19(20-18)22-21-15-10-11-24-16-9-5-4-8-14(15)16/h1-9,12H,10-11H2,(H,20,22,23)/b17-12+,21-15-. The zero-order valence-corrected chi connectivity index (χ0v) is 14.9. The van der Waals surface area contributed by atoms with Crippen LogP contribution in [-0.2, 0) is 4.79 Å². The van der Waals surface area contributed by atoms with Gasteiger partial charge in [0.25, 0.3) is 5.91 Å². The van der Waals surface area contributed by atoms with Gasteiger partial charge in [-0.3, -0.25) is 10.1 Å². The van der Waals surface area contributed by atoms with Crippen LogP contribution in [0.2, 0.25) is 0 Å². The molecule has 2 aliphatic heterocycles. The summed E-state index contributed by atoms with van der Waals surface area (Å²) in [7, 11) is 0. The van der Waals surface area contributed by atoms with Crippen molar-refractivity contribution in [2.24, 2.45) is 10.2 Å². The summed E-state index contributed by atoms with van der Waals surface area (Å²) in [6.07, 6.45) is 2.74. The van der Waals surface area contributed by atoms with Gasteiger partial charge in [0, 0.05) is 22.6 Å². The zero-order valence-electron chi connectivity index (χ0n) is 13.3. The number of nitrogens with one attached hydrogen (secondary N) is 1. The van der Waals surface area contributed by atoms with E-state index in [1.54, 1.807) is 0 Å². The van der Waals surface area contributed by atoms with E-state index in [9.17, 15) is 4.79 Å². The summed E-state index contributed by atoms with van der Waals surface area (Å²) >= 11 is 3.16. The Kier molecular flexibility index (Phi) is 4.72. The van der Waals surface area contributed by atoms with Gasteiger partial charge in [0.1, 0.15) is 0 Å². The highest BCUT2D eigenvalue weighted by Crippen LogP contribution is 2.30. The molecule has 2 heterocycles. The van der Waals surface area contributed by atoms with E-state index < -0.39 is 0 Å². The van der Waals surface area contributed by atoms with Crippen LogP contribution in [-0.4, -0.2) is 22.5 Å². The van der Waals surface area contributed by atoms with Crippen LogP contribution in [0.25, 0.3) is 6.08 Å². The third-order valence-corrected chi connectivity index (χ3v) is 5.78. The van der Waals surface area contributed by atoms with Crippen LogP contribution < -0.4 is 5.32 Å². The summed E-state index contributed by atoms with van der Waals surface area (Å²) in [5.41, 5.74) is 3.10. The van der Waals surface area contributed by atoms with E-state index in [1.807, 2.05) is 60.3 Å². The van der Waals surface area contributed by atoms with Crippen molar-refractivity contribution in [3.63, 3.8) is 0 Å². The van der Waals surface area contributed by atoms with E-state index in [0.29, 0.717) is 10.1 Å². The normalized spacial score (nSPS) is 21.6. The summed E-state index contributed by atoms with van der Waals surface area (Å²) in [6.45, 7) is 0. The number of hydrogen-bond acceptors (Lipinski definition) is 5. The van der Waals surface area contributed by atoms with E-state index >= 15 is 0 Å². The molecule has 1 fully saturated rings. The second-order valence-electron chi connectivity index (χ2n) is 5.52. The molecular weight excluding hydrogens is 350 g/mol. The first-order valence-corrected chi connectivity index (χ1v) is 9.72. The van der Waals surface area contributed by atoms with Crippen LogP contribution in [0.1, 0.15) is 17.5 Å². The molecule has 2 aromatic carbocycles. The Morgan fingerprint density at radius 2 is 1.80 bits per heavy atom. The largest absolute Gasteiger partial charge is 0.299 e. The lowest BCUT2D eigenvalue weighted by Gasteiger charge is -2.15. The maximum Gasteiger partial charge on any atom is 0.264 e. The number of amidine groups is 1. The summed E-state index contributed by atoms with van der Waals surface area (Å²) in [6, 6.07) is 18.0. The van der Waals surface area contributed by atoms with Crippen molar-refractivity contribution in [1.82, 2.24) is 5.32 Å². The lowest BCUT2D eigenvalue weighted by molar-refractivity contribution is -0.115. The molecule has 0 atom stereocenters. The van der Waals surface area contributed by atoms with Crippen molar-refractivity contribution in [1.29, 1.82) is 0 Å². The maximum absolute atomic E-state index is 12.1. The van der Waals surface area contributed by atoms with Gasteiger partial charge in [-0.15, -0.1) is 16.9 Å². The molecular formula is C19H15N3OS2. The van der Waals surface area contributed by atoms with Crippen LogP contribution in [0.5, 0.6) is 0 Å². The fraction of sp³-hybridized carbons (Fsp3) is 0.105. The van der Waals surface area contributed by atoms with Gasteiger partial charge < -0.3 is 0 Å². The molecule has 0 spiro atoms. The number of benzene rings is 2. The Hall–Kier alpha value is -2.31. The van der Waals surface area contributed by atoms with E-state index in [0.717, 1.165) is 29.0 Å². The van der Waals surface area contributed by atoms with Crippen LogP contribution >= 0.6 is 23.5 Å². The molecule has 6 heteroatoms.